The van der Waals surface area contributed by atoms with Crippen LogP contribution in [0, 0.1) is 0 Å². The van der Waals surface area contributed by atoms with Crippen molar-refractivity contribution >= 4 is 90.5 Å². The van der Waals surface area contributed by atoms with Crippen LogP contribution < -0.4 is 37.6 Å². The van der Waals surface area contributed by atoms with E-state index in [-0.39, 0.29) is 30.9 Å². The molecule has 0 bridgehead atoms. The summed E-state index contributed by atoms with van der Waals surface area (Å²) in [7, 11) is 0. The minimum absolute atomic E-state index is 0.0175. The van der Waals surface area contributed by atoms with E-state index in [1.165, 1.54) is 0 Å². The molecule has 1 aliphatic rings. The normalized spacial score (nSPS) is 17.2. The van der Waals surface area contributed by atoms with E-state index >= 15 is 0 Å². The largest absolute Gasteiger partial charge is 0.481 e. The van der Waals surface area contributed by atoms with Crippen LogP contribution in [-0.2, 0) is 52.7 Å². The lowest BCUT2D eigenvalue weighted by molar-refractivity contribution is -0.146. The van der Waals surface area contributed by atoms with Gasteiger partial charge in [0.15, 0.2) is 0 Å². The number of aliphatic carboxylic acids is 4. The molecular weight excluding hydrogens is 805 g/mol. The number of carboxylic acid groups (broad SMARTS) is 4. The predicted molar refractivity (Wildman–Crippen MR) is 198 cm³/mol. The van der Waals surface area contributed by atoms with Gasteiger partial charge in [-0.15, -0.1) is 0 Å². The van der Waals surface area contributed by atoms with E-state index in [2.05, 4.69) is 57.2 Å². The summed E-state index contributed by atoms with van der Waals surface area (Å²) in [6.45, 7) is 0.104. The van der Waals surface area contributed by atoms with E-state index in [4.69, 9.17) is 15.9 Å². The molecule has 1 saturated heterocycles. The topological polar surface area (TPSA) is 390 Å². The van der Waals surface area contributed by atoms with E-state index < -0.39 is 152 Å². The van der Waals surface area contributed by atoms with Gasteiger partial charge in [-0.05, 0) is 32.6 Å². The number of nitrogens with one attached hydrogen (secondary N) is 6. The number of aliphatic hydroxyl groups excluding tert-OH is 1. The standard InChI is InChI=1S/C31H48N8O16S2/c1-13(40)24(29(52)33-10-20(41)34-15(4-6-21(42)43)26(49)37-18(12-57)31(54)55)38-27(50)16(5-7-22(44)45)35-28(51)19-3-2-8-39(19)30(53)17(9-23(46)47)36-25(48)14(32)11-56/h13-19,24,40,56-57H,2-12,32H2,1H3,(H,33,52)(H,34,41)(H,35,51)(H,36,48)(H,37,49)(H,38,50)(H,42,43)(H,44,45)(H,46,47)(H,54,55)/t13-,14+,15+,16+,17+,18+,19+,24+/m1/s1. The highest BCUT2D eigenvalue weighted by Gasteiger charge is 2.40. The molecule has 1 aliphatic heterocycles. The number of amides is 7. The first-order valence-electron chi connectivity index (χ1n) is 17.3. The number of hydrogen-bond donors (Lipinski definition) is 14. The average Bonchev–Trinajstić information content (AvgIpc) is 3.63. The second kappa shape index (κ2) is 24.4. The van der Waals surface area contributed by atoms with Crippen molar-refractivity contribution in [3.63, 3.8) is 0 Å². The van der Waals surface area contributed by atoms with E-state index in [0.29, 0.717) is 0 Å². The Morgan fingerprint density at radius 2 is 1.25 bits per heavy atom. The van der Waals surface area contributed by atoms with Crippen LogP contribution >= 0.6 is 25.3 Å². The summed E-state index contributed by atoms with van der Waals surface area (Å²) in [5.74, 6) is -13.4. The average molecular weight is 853 g/mol. The minimum Gasteiger partial charge on any atom is -0.481 e. The van der Waals surface area contributed by atoms with Gasteiger partial charge in [0, 0.05) is 30.9 Å². The number of aliphatic hydroxyl groups is 1. The number of carbonyl (C=O) groups excluding carboxylic acids is 7. The lowest BCUT2D eigenvalue weighted by Gasteiger charge is -2.30. The third kappa shape index (κ3) is 17.2. The molecule has 0 radical (unpaired) electrons. The molecule has 320 valence electrons. The van der Waals surface area contributed by atoms with Gasteiger partial charge in [0.05, 0.1) is 25.1 Å². The smallest absolute Gasteiger partial charge is 0.327 e. The number of nitrogens with zero attached hydrogens (tertiary/aromatic N) is 1. The van der Waals surface area contributed by atoms with E-state index in [1.807, 2.05) is 0 Å². The van der Waals surface area contributed by atoms with Crippen molar-refractivity contribution in [2.45, 2.75) is 100 Å². The molecule has 57 heavy (non-hydrogen) atoms. The molecule has 13 N–H and O–H groups in total. The van der Waals surface area contributed by atoms with Crippen molar-refractivity contribution in [1.82, 2.24) is 36.8 Å². The van der Waals surface area contributed by atoms with Crippen LogP contribution in [-0.4, -0.2) is 169 Å². The summed E-state index contributed by atoms with van der Waals surface area (Å²) in [6.07, 6.45) is -4.63. The molecule has 0 aromatic carbocycles. The summed E-state index contributed by atoms with van der Waals surface area (Å²) in [6, 6.07) is -10.7. The molecule has 1 rings (SSSR count). The molecule has 0 unspecified atom stereocenters. The maximum atomic E-state index is 13.5. The lowest BCUT2D eigenvalue weighted by Crippen LogP contribution is -2.60. The maximum absolute atomic E-state index is 13.5. The SMILES string of the molecule is C[C@@H](O)[C@H](NC(=O)[C@H](CCC(=O)O)NC(=O)[C@@H]1CCCN1C(=O)[C@H](CC(=O)O)NC(=O)[C@@H](N)CS)C(=O)NCC(=O)N[C@@H](CCC(=O)O)C(=O)N[C@@H](CS)C(=O)O. The van der Waals surface area contributed by atoms with Gasteiger partial charge in [-0.3, -0.25) is 47.9 Å². The van der Waals surface area contributed by atoms with Crippen molar-refractivity contribution in [3.05, 3.63) is 0 Å². The van der Waals surface area contributed by atoms with Gasteiger partial charge in [-0.2, -0.15) is 25.3 Å². The first-order chi connectivity index (χ1) is 26.6. The van der Waals surface area contributed by atoms with E-state index in [0.717, 1.165) is 11.8 Å². The fourth-order valence-corrected chi connectivity index (χ4v) is 5.63. The monoisotopic (exact) mass is 852 g/mol. The number of nitrogens with two attached hydrogens (primary N) is 1. The van der Waals surface area contributed by atoms with E-state index in [9.17, 15) is 68.1 Å². The van der Waals surface area contributed by atoms with Crippen molar-refractivity contribution < 1.29 is 78.3 Å². The van der Waals surface area contributed by atoms with Crippen LogP contribution in [0.4, 0.5) is 0 Å². The van der Waals surface area contributed by atoms with Crippen molar-refractivity contribution in [3.8, 4) is 0 Å². The number of carbonyl (C=O) groups is 11. The predicted octanol–water partition coefficient (Wildman–Crippen LogP) is -5.63. The highest BCUT2D eigenvalue weighted by molar-refractivity contribution is 7.80. The molecule has 7 amide bonds. The molecule has 1 fully saturated rings. The Bertz CT molecular complexity index is 1530. The summed E-state index contributed by atoms with van der Waals surface area (Å²) in [4.78, 5) is 137. The molecule has 24 nitrogen and oxygen atoms in total. The van der Waals surface area contributed by atoms with Gasteiger partial charge in [0.1, 0.15) is 36.3 Å². The summed E-state index contributed by atoms with van der Waals surface area (Å²) >= 11 is 7.71. The zero-order chi connectivity index (χ0) is 43.6. The second-order valence-electron chi connectivity index (χ2n) is 12.7. The molecule has 0 aromatic rings. The number of likely N-dealkylation sites (tertiary alicyclic amines) is 1. The second-order valence-corrected chi connectivity index (χ2v) is 13.4. The zero-order valence-electron chi connectivity index (χ0n) is 30.5. The van der Waals surface area contributed by atoms with Crippen molar-refractivity contribution in [1.29, 1.82) is 0 Å². The van der Waals surface area contributed by atoms with Crippen LogP contribution in [0.1, 0.15) is 51.9 Å². The van der Waals surface area contributed by atoms with Crippen molar-refractivity contribution in [2.75, 3.05) is 24.6 Å². The summed E-state index contributed by atoms with van der Waals surface area (Å²) < 4.78 is 0. The number of rotatable bonds is 25. The third-order valence-electron chi connectivity index (χ3n) is 8.23. The van der Waals surface area contributed by atoms with Crippen molar-refractivity contribution in [2.24, 2.45) is 5.73 Å². The number of thiol groups is 2. The quantitative estimate of drug-likeness (QED) is 0.0381. The van der Waals surface area contributed by atoms with Gasteiger partial charge in [-0.1, -0.05) is 0 Å². The fourth-order valence-electron chi connectivity index (χ4n) is 5.22. The summed E-state index contributed by atoms with van der Waals surface area (Å²) in [5.41, 5.74) is 5.62. The first-order valence-corrected chi connectivity index (χ1v) is 18.5. The Morgan fingerprint density at radius 1 is 0.702 bits per heavy atom. The van der Waals surface area contributed by atoms with Gasteiger partial charge >= 0.3 is 23.9 Å². The van der Waals surface area contributed by atoms with Crippen LogP contribution in [0.5, 0.6) is 0 Å². The molecule has 0 saturated carbocycles. The molecule has 0 aromatic heterocycles. The zero-order valence-corrected chi connectivity index (χ0v) is 32.3. The Kier molecular flexibility index (Phi) is 21.3. The van der Waals surface area contributed by atoms with Gasteiger partial charge in [-0.25, -0.2) is 4.79 Å². The van der Waals surface area contributed by atoms with Gasteiger partial charge in [0.25, 0.3) is 0 Å². The fraction of sp³-hybridized carbons (Fsp3) is 0.645. The Labute approximate surface area is 335 Å². The van der Waals surface area contributed by atoms with Crippen LogP contribution in [0.3, 0.4) is 0 Å². The van der Waals surface area contributed by atoms with Gasteiger partial charge < -0.3 is 68.1 Å². The van der Waals surface area contributed by atoms with E-state index in [1.54, 1.807) is 0 Å². The molecular formula is C31H48N8O16S2. The highest BCUT2D eigenvalue weighted by Crippen LogP contribution is 2.20. The van der Waals surface area contributed by atoms with Crippen LogP contribution in [0.25, 0.3) is 0 Å². The minimum atomic E-state index is -1.83. The van der Waals surface area contributed by atoms with Gasteiger partial charge in [0.2, 0.25) is 41.4 Å². The maximum Gasteiger partial charge on any atom is 0.327 e. The molecule has 26 heteroatoms. The lowest BCUT2D eigenvalue weighted by atomic mass is 10.1. The highest BCUT2D eigenvalue weighted by atomic mass is 32.1. The summed E-state index contributed by atoms with van der Waals surface area (Å²) in [5, 5.41) is 60.2. The molecule has 1 heterocycles. The van der Waals surface area contributed by atoms with Crippen LogP contribution in [0.15, 0.2) is 0 Å². The first kappa shape index (κ1) is 49.8. The molecule has 8 atom stereocenters. The number of carboxylic acids is 4. The number of hydrogen-bond acceptors (Lipinski definition) is 15. The molecule has 0 aliphatic carbocycles. The van der Waals surface area contributed by atoms with Crippen LogP contribution in [0.2, 0.25) is 0 Å². The Morgan fingerprint density at radius 3 is 1.74 bits per heavy atom. The Balaban J connectivity index is 3.12. The molecule has 0 spiro atoms. The third-order valence-corrected chi connectivity index (χ3v) is 8.99. The Hall–Kier alpha value is -5.21.